The van der Waals surface area contributed by atoms with Crippen LogP contribution in [0.4, 0.5) is 5.69 Å². The van der Waals surface area contributed by atoms with Gasteiger partial charge in [0, 0.05) is 17.6 Å². The van der Waals surface area contributed by atoms with Crippen molar-refractivity contribution in [3.05, 3.63) is 49.7 Å². The van der Waals surface area contributed by atoms with Crippen molar-refractivity contribution in [3.63, 3.8) is 0 Å². The van der Waals surface area contributed by atoms with Gasteiger partial charge in [-0.1, -0.05) is 36.6 Å². The molecule has 1 aliphatic carbocycles. The molecule has 0 radical (unpaired) electrons. The Balaban J connectivity index is 1.74. The molecule has 2 atom stereocenters. The van der Waals surface area contributed by atoms with Gasteiger partial charge in [-0.25, -0.2) is 0 Å². The molecule has 4 heteroatoms. The van der Waals surface area contributed by atoms with Crippen LogP contribution in [0.3, 0.4) is 0 Å². The summed E-state index contributed by atoms with van der Waals surface area (Å²) in [6.07, 6.45) is 7.29. The van der Waals surface area contributed by atoms with Crippen molar-refractivity contribution in [1.82, 2.24) is 0 Å². The molecule has 23 heavy (non-hydrogen) atoms. The maximum Gasteiger partial charge on any atom is 0.250 e. The van der Waals surface area contributed by atoms with E-state index in [0.29, 0.717) is 28.2 Å². The molecule has 2 aromatic rings. The fourth-order valence-corrected chi connectivity index (χ4v) is 4.57. The molecule has 120 valence electrons. The quantitative estimate of drug-likeness (QED) is 0.787. The predicted octanol–water partition coefficient (Wildman–Crippen LogP) is 3.76. The molecule has 4 rings (SSSR count). The molecule has 3 nitrogen and oxygen atoms in total. The number of piperidine rings is 1. The van der Waals surface area contributed by atoms with Crippen LogP contribution in [0, 0.1) is 5.92 Å². The van der Waals surface area contributed by atoms with E-state index < -0.39 is 0 Å². The molecule has 0 spiro atoms. The third-order valence-electron chi connectivity index (χ3n) is 5.55. The Kier molecular flexibility index (Phi) is 3.76. The van der Waals surface area contributed by atoms with Crippen molar-refractivity contribution >= 4 is 17.3 Å². The first-order chi connectivity index (χ1) is 11.2. The molecular weight excluding hydrogens is 310 g/mol. The summed E-state index contributed by atoms with van der Waals surface area (Å²) in [6, 6.07) is 7.66. The zero-order valence-electron chi connectivity index (χ0n) is 13.1. The van der Waals surface area contributed by atoms with Gasteiger partial charge in [-0.05, 0) is 49.3 Å². The minimum absolute atomic E-state index is 0.304. The molecule has 0 bridgehead atoms. The summed E-state index contributed by atoms with van der Waals surface area (Å²) in [5, 5.41) is 0.638. The number of benzene rings is 1. The largest absolute Gasteiger partial charge is 0.364 e. The standard InChI is InChI=1S/C19H20ClNO2/c20-14-9-7-13(8-10-14)16-17(19(23)18(16)22)21-11-3-5-12-4-1-2-6-15(12)21/h7-10,12,15H,1-6,11H2/t12-,15+/m0/s1. The van der Waals surface area contributed by atoms with Crippen molar-refractivity contribution in [3.8, 4) is 11.1 Å². The number of hydrogen-bond acceptors (Lipinski definition) is 3. The minimum atomic E-state index is -0.347. The Morgan fingerprint density at radius 2 is 1.61 bits per heavy atom. The Morgan fingerprint density at radius 1 is 0.913 bits per heavy atom. The average Bonchev–Trinajstić information content (AvgIpc) is 2.59. The van der Waals surface area contributed by atoms with Crippen LogP contribution >= 0.6 is 11.6 Å². The maximum absolute atomic E-state index is 12.3. The third kappa shape index (κ3) is 2.42. The Bertz CT molecular complexity index is 787. The zero-order chi connectivity index (χ0) is 16.0. The highest BCUT2D eigenvalue weighted by atomic mass is 35.5. The second-order valence-corrected chi connectivity index (χ2v) is 7.27. The molecule has 1 saturated carbocycles. The lowest BCUT2D eigenvalue weighted by Gasteiger charge is -2.46. The van der Waals surface area contributed by atoms with Gasteiger partial charge in [0.2, 0.25) is 10.9 Å². The molecule has 0 amide bonds. The first kappa shape index (κ1) is 14.9. The highest BCUT2D eigenvalue weighted by Gasteiger charge is 2.38. The van der Waals surface area contributed by atoms with E-state index in [9.17, 15) is 9.59 Å². The Morgan fingerprint density at radius 3 is 2.39 bits per heavy atom. The molecule has 1 heterocycles. The van der Waals surface area contributed by atoms with Gasteiger partial charge in [-0.15, -0.1) is 0 Å². The van der Waals surface area contributed by atoms with Crippen molar-refractivity contribution in [2.45, 2.75) is 44.6 Å². The van der Waals surface area contributed by atoms with E-state index in [1.54, 1.807) is 12.1 Å². The van der Waals surface area contributed by atoms with Gasteiger partial charge in [-0.3, -0.25) is 9.59 Å². The van der Waals surface area contributed by atoms with E-state index in [2.05, 4.69) is 4.90 Å². The summed E-state index contributed by atoms with van der Waals surface area (Å²) < 4.78 is 0. The molecule has 0 N–H and O–H groups in total. The first-order valence-corrected chi connectivity index (χ1v) is 8.90. The molecule has 1 saturated heterocycles. The Hall–Kier alpha value is -1.61. The van der Waals surface area contributed by atoms with Crippen molar-refractivity contribution in [2.75, 3.05) is 11.4 Å². The fraction of sp³-hybridized carbons (Fsp3) is 0.474. The number of nitrogens with zero attached hydrogens (tertiary/aromatic N) is 1. The van der Waals surface area contributed by atoms with E-state index in [1.807, 2.05) is 12.1 Å². The highest BCUT2D eigenvalue weighted by Crippen LogP contribution is 2.39. The lowest BCUT2D eigenvalue weighted by molar-refractivity contribution is 0.243. The molecule has 2 fully saturated rings. The second kappa shape index (κ2) is 5.79. The molecular formula is C19H20ClNO2. The summed E-state index contributed by atoms with van der Waals surface area (Å²) in [4.78, 5) is 26.8. The number of halogens is 1. The normalized spacial score (nSPS) is 24.7. The molecule has 0 unspecified atom stereocenters. The monoisotopic (exact) mass is 329 g/mol. The molecule has 1 aliphatic heterocycles. The van der Waals surface area contributed by atoms with E-state index >= 15 is 0 Å². The molecule has 2 aliphatic rings. The predicted molar refractivity (Wildman–Crippen MR) is 94.1 cm³/mol. The van der Waals surface area contributed by atoms with Gasteiger partial charge < -0.3 is 4.90 Å². The smallest absolute Gasteiger partial charge is 0.250 e. The van der Waals surface area contributed by atoms with E-state index in [4.69, 9.17) is 11.6 Å². The SMILES string of the molecule is O=c1c(-c2ccc(Cl)cc2)c(N2CCC[C@@H]3CCCC[C@H]32)c1=O. The number of fused-ring (bicyclic) bond motifs is 1. The summed E-state index contributed by atoms with van der Waals surface area (Å²) in [5.41, 5.74) is 1.42. The summed E-state index contributed by atoms with van der Waals surface area (Å²) in [7, 11) is 0. The average molecular weight is 330 g/mol. The van der Waals surface area contributed by atoms with Crippen LogP contribution in [0.5, 0.6) is 0 Å². The Labute approximate surface area is 140 Å². The van der Waals surface area contributed by atoms with Crippen molar-refractivity contribution in [1.29, 1.82) is 0 Å². The van der Waals surface area contributed by atoms with Gasteiger partial charge in [0.1, 0.15) is 5.69 Å². The second-order valence-electron chi connectivity index (χ2n) is 6.84. The molecule has 2 aromatic carbocycles. The first-order valence-electron chi connectivity index (χ1n) is 8.52. The number of anilines is 1. The van der Waals surface area contributed by atoms with E-state index in [-0.39, 0.29) is 10.9 Å². The van der Waals surface area contributed by atoms with Gasteiger partial charge in [0.15, 0.2) is 0 Å². The maximum atomic E-state index is 12.3. The lowest BCUT2D eigenvalue weighted by atomic mass is 9.77. The van der Waals surface area contributed by atoms with Crippen LogP contribution in [-0.4, -0.2) is 12.6 Å². The van der Waals surface area contributed by atoms with E-state index in [1.165, 1.54) is 25.7 Å². The fourth-order valence-electron chi connectivity index (χ4n) is 4.44. The van der Waals surface area contributed by atoms with Gasteiger partial charge in [0.25, 0.3) is 0 Å². The van der Waals surface area contributed by atoms with Crippen LogP contribution < -0.4 is 15.8 Å². The van der Waals surface area contributed by atoms with E-state index in [0.717, 1.165) is 24.9 Å². The molecule has 0 aromatic heterocycles. The van der Waals surface area contributed by atoms with Crippen LogP contribution in [0.15, 0.2) is 33.9 Å². The van der Waals surface area contributed by atoms with Crippen molar-refractivity contribution < 1.29 is 0 Å². The topological polar surface area (TPSA) is 37.4 Å². The van der Waals surface area contributed by atoms with Crippen LogP contribution in [-0.2, 0) is 0 Å². The number of hydrogen-bond donors (Lipinski definition) is 0. The van der Waals surface area contributed by atoms with Crippen LogP contribution in [0.25, 0.3) is 11.1 Å². The van der Waals surface area contributed by atoms with Crippen LogP contribution in [0.2, 0.25) is 5.02 Å². The van der Waals surface area contributed by atoms with Crippen molar-refractivity contribution in [2.24, 2.45) is 5.92 Å². The van der Waals surface area contributed by atoms with Crippen LogP contribution in [0.1, 0.15) is 38.5 Å². The summed E-state index contributed by atoms with van der Waals surface area (Å²) >= 11 is 5.94. The minimum Gasteiger partial charge on any atom is -0.364 e. The number of rotatable bonds is 2. The summed E-state index contributed by atoms with van der Waals surface area (Å²) in [6.45, 7) is 0.895. The highest BCUT2D eigenvalue weighted by molar-refractivity contribution is 6.30. The van der Waals surface area contributed by atoms with Gasteiger partial charge in [-0.2, -0.15) is 0 Å². The van der Waals surface area contributed by atoms with Gasteiger partial charge >= 0.3 is 0 Å². The lowest BCUT2D eigenvalue weighted by Crippen LogP contribution is -2.52. The van der Waals surface area contributed by atoms with Gasteiger partial charge in [0.05, 0.1) is 5.56 Å². The summed E-state index contributed by atoms with van der Waals surface area (Å²) in [5.74, 6) is 0.681. The zero-order valence-corrected chi connectivity index (χ0v) is 13.8. The third-order valence-corrected chi connectivity index (χ3v) is 5.80.